The van der Waals surface area contributed by atoms with Gasteiger partial charge in [0.15, 0.2) is 0 Å². The predicted octanol–water partition coefficient (Wildman–Crippen LogP) is 3.46. The number of fused-ring (bicyclic) bond motifs is 1. The van der Waals surface area contributed by atoms with E-state index in [4.69, 9.17) is 11.6 Å². The van der Waals surface area contributed by atoms with E-state index < -0.39 is 0 Å². The number of carbonyl (C=O) groups excluding carboxylic acids is 1. The molecule has 0 saturated carbocycles. The molecule has 0 unspecified atom stereocenters. The Labute approximate surface area is 168 Å². The van der Waals surface area contributed by atoms with Crippen LogP contribution in [0.15, 0.2) is 59.5 Å². The van der Waals surface area contributed by atoms with Crippen molar-refractivity contribution in [1.82, 2.24) is 30.1 Å². The normalized spacial score (nSPS) is 11.0. The molecule has 0 aliphatic rings. The zero-order valence-corrected chi connectivity index (χ0v) is 16.4. The molecule has 0 radical (unpaired) electrons. The first-order chi connectivity index (χ1) is 13.1. The van der Waals surface area contributed by atoms with Crippen molar-refractivity contribution in [3.8, 4) is 5.69 Å². The molecule has 2 aromatic carbocycles. The van der Waals surface area contributed by atoms with Crippen molar-refractivity contribution >= 4 is 44.3 Å². The van der Waals surface area contributed by atoms with Crippen LogP contribution < -0.4 is 5.32 Å². The first-order valence-electron chi connectivity index (χ1n) is 8.17. The Morgan fingerprint density at radius 2 is 2.07 bits per heavy atom. The summed E-state index contributed by atoms with van der Waals surface area (Å²) < 4.78 is 4.61. The van der Waals surface area contributed by atoms with Crippen LogP contribution in [0, 0.1) is 0 Å². The summed E-state index contributed by atoms with van der Waals surface area (Å²) in [6, 6.07) is 13.2. The molecule has 1 N–H and O–H groups in total. The summed E-state index contributed by atoms with van der Waals surface area (Å²) in [6.45, 7) is 1.13. The minimum atomic E-state index is -0.242. The lowest BCUT2D eigenvalue weighted by atomic mass is 10.2. The smallest absolute Gasteiger partial charge is 0.252 e. The van der Waals surface area contributed by atoms with Crippen LogP contribution in [-0.4, -0.2) is 37.2 Å². The molecule has 0 bridgehead atoms. The Balaban J connectivity index is 1.45. The topological polar surface area (TPSA) is 77.6 Å². The van der Waals surface area contributed by atoms with E-state index in [0.29, 0.717) is 29.4 Å². The van der Waals surface area contributed by atoms with E-state index in [1.807, 2.05) is 18.3 Å². The van der Waals surface area contributed by atoms with Crippen LogP contribution in [0.1, 0.15) is 10.4 Å². The number of carbonyl (C=O) groups is 1. The number of halogens is 2. The van der Waals surface area contributed by atoms with E-state index in [9.17, 15) is 4.79 Å². The van der Waals surface area contributed by atoms with Gasteiger partial charge in [-0.05, 0) is 52.9 Å². The zero-order chi connectivity index (χ0) is 18.8. The highest BCUT2D eigenvalue weighted by atomic mass is 79.9. The van der Waals surface area contributed by atoms with Crippen LogP contribution >= 0.6 is 27.5 Å². The van der Waals surface area contributed by atoms with Gasteiger partial charge < -0.3 is 9.88 Å². The number of nitrogens with zero attached hydrogens (tertiary/aromatic N) is 5. The summed E-state index contributed by atoms with van der Waals surface area (Å²) in [5.74, 6) is -0.242. The number of hydrogen-bond acceptors (Lipinski definition) is 4. The monoisotopic (exact) mass is 444 g/mol. The molecular weight excluding hydrogens is 432 g/mol. The first kappa shape index (κ1) is 17.7. The highest BCUT2D eigenvalue weighted by Crippen LogP contribution is 2.21. The van der Waals surface area contributed by atoms with Gasteiger partial charge in [0.2, 0.25) is 0 Å². The Morgan fingerprint density at radius 3 is 2.89 bits per heavy atom. The Bertz CT molecular complexity index is 1110. The van der Waals surface area contributed by atoms with Crippen molar-refractivity contribution in [2.75, 3.05) is 6.54 Å². The van der Waals surface area contributed by atoms with E-state index in [-0.39, 0.29) is 5.91 Å². The summed E-state index contributed by atoms with van der Waals surface area (Å²) >= 11 is 9.67. The second kappa shape index (κ2) is 7.50. The summed E-state index contributed by atoms with van der Waals surface area (Å²) in [5, 5.41) is 15.4. The van der Waals surface area contributed by atoms with Gasteiger partial charge in [0.25, 0.3) is 5.91 Å². The molecular formula is C18H14BrClN6O. The molecule has 136 valence electrons. The van der Waals surface area contributed by atoms with E-state index in [0.717, 1.165) is 15.4 Å². The molecule has 1 amide bonds. The molecule has 27 heavy (non-hydrogen) atoms. The summed E-state index contributed by atoms with van der Waals surface area (Å²) in [5.41, 5.74) is 2.16. The second-order valence-electron chi connectivity index (χ2n) is 5.89. The number of rotatable bonds is 5. The maximum absolute atomic E-state index is 12.6. The lowest BCUT2D eigenvalue weighted by Gasteiger charge is -2.10. The minimum absolute atomic E-state index is 0.242. The quantitative estimate of drug-likeness (QED) is 0.510. The van der Waals surface area contributed by atoms with Crippen molar-refractivity contribution < 1.29 is 4.79 Å². The second-order valence-corrected chi connectivity index (χ2v) is 7.21. The van der Waals surface area contributed by atoms with Crippen molar-refractivity contribution in [3.63, 3.8) is 0 Å². The van der Waals surface area contributed by atoms with Crippen molar-refractivity contribution in [1.29, 1.82) is 0 Å². The maximum Gasteiger partial charge on any atom is 0.252 e. The average molecular weight is 446 g/mol. The fraction of sp³-hybridized carbons (Fsp3) is 0.111. The van der Waals surface area contributed by atoms with E-state index >= 15 is 0 Å². The third kappa shape index (κ3) is 3.72. The highest BCUT2D eigenvalue weighted by molar-refractivity contribution is 9.10. The van der Waals surface area contributed by atoms with Gasteiger partial charge in [-0.15, -0.1) is 5.10 Å². The molecule has 0 saturated heterocycles. The van der Waals surface area contributed by atoms with E-state index in [2.05, 4.69) is 53.5 Å². The zero-order valence-electron chi connectivity index (χ0n) is 14.0. The molecule has 9 heteroatoms. The molecule has 0 spiro atoms. The van der Waals surface area contributed by atoms with Crippen LogP contribution in [0.3, 0.4) is 0 Å². The number of benzene rings is 2. The molecule has 0 fully saturated rings. The first-order valence-corrected chi connectivity index (χ1v) is 9.34. The third-order valence-electron chi connectivity index (χ3n) is 4.18. The molecule has 4 rings (SSSR count). The van der Waals surface area contributed by atoms with Crippen LogP contribution in [-0.2, 0) is 6.54 Å². The van der Waals surface area contributed by atoms with Gasteiger partial charge >= 0.3 is 0 Å². The molecule has 0 atom stereocenters. The Kier molecular flexibility index (Phi) is 4.91. The van der Waals surface area contributed by atoms with Gasteiger partial charge in [-0.1, -0.05) is 27.5 Å². The van der Waals surface area contributed by atoms with Crippen LogP contribution in [0.4, 0.5) is 0 Å². The number of amides is 1. The summed E-state index contributed by atoms with van der Waals surface area (Å²) in [4.78, 5) is 12.6. The molecule has 0 aliphatic heterocycles. The third-order valence-corrected chi connectivity index (χ3v) is 5.00. The molecule has 4 aromatic rings. The summed E-state index contributed by atoms with van der Waals surface area (Å²) in [7, 11) is 0. The highest BCUT2D eigenvalue weighted by Gasteiger charge is 2.12. The largest absolute Gasteiger partial charge is 0.350 e. The number of hydrogen-bond donors (Lipinski definition) is 1. The Hall–Kier alpha value is -2.71. The molecule has 2 aromatic heterocycles. The minimum Gasteiger partial charge on any atom is -0.350 e. The van der Waals surface area contributed by atoms with E-state index in [1.165, 1.54) is 11.0 Å². The van der Waals surface area contributed by atoms with Crippen LogP contribution in [0.5, 0.6) is 0 Å². The van der Waals surface area contributed by atoms with Crippen molar-refractivity contribution in [2.24, 2.45) is 0 Å². The van der Waals surface area contributed by atoms with Crippen molar-refractivity contribution in [2.45, 2.75) is 6.54 Å². The molecule has 0 aliphatic carbocycles. The fourth-order valence-corrected chi connectivity index (χ4v) is 3.44. The molecule has 2 heterocycles. The molecule has 7 nitrogen and oxygen atoms in total. The average Bonchev–Trinajstić information content (AvgIpc) is 3.32. The van der Waals surface area contributed by atoms with Gasteiger partial charge in [0.1, 0.15) is 6.33 Å². The van der Waals surface area contributed by atoms with Crippen LogP contribution in [0.25, 0.3) is 16.6 Å². The number of aromatic nitrogens is 5. The standard InChI is InChI=1S/C18H14BrClN6O/c19-13-1-4-17-12(9-13)5-7-25(17)8-6-21-18(27)15-10-14(2-3-16(15)20)26-11-22-23-24-26/h1-5,7,9-11H,6,8H2,(H,21,27). The summed E-state index contributed by atoms with van der Waals surface area (Å²) in [6.07, 6.45) is 3.47. The Morgan fingerprint density at radius 1 is 1.19 bits per heavy atom. The SMILES string of the molecule is O=C(NCCn1ccc2cc(Br)ccc21)c1cc(-n2cnnn2)ccc1Cl. The van der Waals surface area contributed by atoms with Gasteiger partial charge in [-0.3, -0.25) is 4.79 Å². The van der Waals surface area contributed by atoms with E-state index in [1.54, 1.807) is 18.2 Å². The lowest BCUT2D eigenvalue weighted by Crippen LogP contribution is -2.27. The predicted molar refractivity (Wildman–Crippen MR) is 106 cm³/mol. The van der Waals surface area contributed by atoms with Gasteiger partial charge in [0, 0.05) is 34.7 Å². The number of nitrogens with one attached hydrogen (secondary N) is 1. The maximum atomic E-state index is 12.6. The van der Waals surface area contributed by atoms with Crippen LogP contribution in [0.2, 0.25) is 5.02 Å². The van der Waals surface area contributed by atoms with Gasteiger partial charge in [-0.25, -0.2) is 4.68 Å². The number of tetrazole rings is 1. The lowest BCUT2D eigenvalue weighted by molar-refractivity contribution is 0.0952. The fourth-order valence-electron chi connectivity index (χ4n) is 2.86. The van der Waals surface area contributed by atoms with Crippen molar-refractivity contribution in [3.05, 3.63) is 70.0 Å². The van der Waals surface area contributed by atoms with Gasteiger partial charge in [-0.2, -0.15) is 0 Å². The van der Waals surface area contributed by atoms with Gasteiger partial charge in [0.05, 0.1) is 16.3 Å².